The number of hydrogen-bond acceptors (Lipinski definition) is 9. The normalized spacial score (nSPS) is 9.91. The Bertz CT molecular complexity index is 809. The molecule has 7 nitrogen and oxygen atoms in total. The van der Waals surface area contributed by atoms with Crippen molar-refractivity contribution in [2.24, 2.45) is 4.99 Å². The monoisotopic (exact) mass is 523 g/mol. The van der Waals surface area contributed by atoms with Crippen LogP contribution in [-0.2, 0) is 30.9 Å². The Kier molecular flexibility index (Phi) is 22.2. The minimum Gasteiger partial charge on any atom is -0.465 e. The van der Waals surface area contributed by atoms with E-state index in [1.54, 1.807) is 11.8 Å². The minimum atomic E-state index is -3.83. The van der Waals surface area contributed by atoms with Gasteiger partial charge in [-0.05, 0) is 74.0 Å². The Labute approximate surface area is 207 Å². The van der Waals surface area contributed by atoms with Gasteiger partial charge in [0.2, 0.25) is 0 Å². The molecular formula is C21H33NO6S4. The number of carbonyl (C=O) groups excluding carboxylic acids is 2. The van der Waals surface area contributed by atoms with Gasteiger partial charge in [0.1, 0.15) is 6.29 Å². The van der Waals surface area contributed by atoms with Crippen LogP contribution in [0.4, 0.5) is 0 Å². The number of rotatable bonds is 12. The number of aldehydes is 1. The van der Waals surface area contributed by atoms with E-state index in [9.17, 15) is 18.0 Å². The molecule has 0 aliphatic rings. The molecule has 0 saturated carbocycles. The van der Waals surface area contributed by atoms with Crippen LogP contribution in [-0.4, -0.2) is 67.1 Å². The van der Waals surface area contributed by atoms with Crippen LogP contribution in [0.2, 0.25) is 0 Å². The van der Waals surface area contributed by atoms with E-state index in [0.29, 0.717) is 19.6 Å². The summed E-state index contributed by atoms with van der Waals surface area (Å²) in [5, 5.41) is 2.09. The number of isothiocyanates is 1. The number of thiol groups is 1. The number of benzene rings is 1. The lowest BCUT2D eigenvalue weighted by atomic mass is 10.0. The van der Waals surface area contributed by atoms with Gasteiger partial charge >= 0.3 is 5.97 Å². The Hall–Kier alpha value is -1.23. The molecule has 1 aromatic rings. The Morgan fingerprint density at radius 2 is 2.03 bits per heavy atom. The summed E-state index contributed by atoms with van der Waals surface area (Å²) in [5.74, 6) is 0.719. The van der Waals surface area contributed by atoms with Gasteiger partial charge in [-0.3, -0.25) is 9.35 Å². The topological polar surface area (TPSA) is 110 Å². The number of hydrogen-bond donors (Lipinski definition) is 2. The number of aliphatic imine (C=N–C) groups is 1. The molecule has 1 N–H and O–H groups in total. The van der Waals surface area contributed by atoms with E-state index in [1.807, 2.05) is 12.3 Å². The first kappa shape index (κ1) is 32.9. The summed E-state index contributed by atoms with van der Waals surface area (Å²) in [4.78, 5) is 24.1. The fraction of sp³-hybridized carbons (Fsp3) is 0.571. The molecule has 0 aliphatic heterocycles. The molecule has 0 radical (unpaired) electrons. The van der Waals surface area contributed by atoms with Crippen molar-refractivity contribution < 1.29 is 27.3 Å². The molecule has 0 aliphatic carbocycles. The lowest BCUT2D eigenvalue weighted by Crippen LogP contribution is -2.07. The molecule has 1 aromatic carbocycles. The van der Waals surface area contributed by atoms with Crippen molar-refractivity contribution in [2.45, 2.75) is 39.5 Å². The Balaban J connectivity index is 0. The van der Waals surface area contributed by atoms with Gasteiger partial charge < -0.3 is 9.53 Å². The Morgan fingerprint density at radius 1 is 1.34 bits per heavy atom. The van der Waals surface area contributed by atoms with Crippen LogP contribution >= 0.6 is 36.6 Å². The third-order valence-electron chi connectivity index (χ3n) is 3.87. The molecule has 0 heterocycles. The fourth-order valence-electron chi connectivity index (χ4n) is 2.10. The summed E-state index contributed by atoms with van der Waals surface area (Å²) in [5.41, 5.74) is 3.92. The number of nitrogens with zero attached hydrogens (tertiary/aromatic N) is 1. The molecule has 0 atom stereocenters. The van der Waals surface area contributed by atoms with Crippen LogP contribution in [0.1, 0.15) is 36.0 Å². The van der Waals surface area contributed by atoms with Crippen molar-refractivity contribution in [2.75, 3.05) is 36.7 Å². The second kappa shape index (κ2) is 21.6. The zero-order valence-electron chi connectivity index (χ0n) is 18.8. The molecule has 0 unspecified atom stereocenters. The third kappa shape index (κ3) is 22.0. The maximum Gasteiger partial charge on any atom is 0.315 e. The van der Waals surface area contributed by atoms with Gasteiger partial charge in [-0.15, -0.1) is 0 Å². The van der Waals surface area contributed by atoms with Gasteiger partial charge in [-0.1, -0.05) is 18.2 Å². The quantitative estimate of drug-likeness (QED) is 0.0804. The molecule has 1 rings (SSSR count). The van der Waals surface area contributed by atoms with Gasteiger partial charge in [-0.25, -0.2) is 4.99 Å². The predicted octanol–water partition coefficient (Wildman–Crippen LogP) is 4.01. The average Bonchev–Trinajstić information content (AvgIpc) is 2.75. The number of carbonyl (C=O) groups is 2. The van der Waals surface area contributed by atoms with Gasteiger partial charge in [0.05, 0.1) is 29.8 Å². The summed E-state index contributed by atoms with van der Waals surface area (Å²) < 4.78 is 33.1. The van der Waals surface area contributed by atoms with Crippen LogP contribution in [0.5, 0.6) is 0 Å². The van der Waals surface area contributed by atoms with Crippen LogP contribution < -0.4 is 0 Å². The van der Waals surface area contributed by atoms with E-state index >= 15 is 0 Å². The van der Waals surface area contributed by atoms with E-state index in [2.05, 4.69) is 61.0 Å². The molecule has 0 amide bonds. The third-order valence-corrected chi connectivity index (χ3v) is 5.76. The van der Waals surface area contributed by atoms with Crippen LogP contribution in [0.3, 0.4) is 0 Å². The van der Waals surface area contributed by atoms with E-state index in [0.717, 1.165) is 24.9 Å². The molecule has 0 spiro atoms. The zero-order valence-corrected chi connectivity index (χ0v) is 22.1. The first-order valence-electron chi connectivity index (χ1n) is 9.85. The number of thioether (sulfide) groups is 1. The fourth-order valence-corrected chi connectivity index (χ4v) is 3.19. The number of thiocarbonyl (C=S) groups is 1. The van der Waals surface area contributed by atoms with Crippen LogP contribution in [0.15, 0.2) is 23.2 Å². The standard InChI is InChI=1S/C11H14O.C6H12O2S2.C4H7NO3S2/c1-9-5-3-6-11(10(9)2)7-4-8-12;1-10-4-2-3-8-6(7)5-9;6-10(7,8)3-1-2-5-4-9/h3,5-6,8H,4,7H2,1-2H3;9H,2-5H2,1H3;1-3H2,(H,6,7,8). The van der Waals surface area contributed by atoms with Crippen molar-refractivity contribution in [3.63, 3.8) is 0 Å². The Morgan fingerprint density at radius 3 is 2.56 bits per heavy atom. The highest BCUT2D eigenvalue weighted by Crippen LogP contribution is 2.13. The highest BCUT2D eigenvalue weighted by Gasteiger charge is 2.01. The van der Waals surface area contributed by atoms with Gasteiger partial charge in [0, 0.05) is 6.42 Å². The first-order valence-corrected chi connectivity index (χ1v) is 13.9. The number of ether oxygens (including phenoxy) is 1. The highest BCUT2D eigenvalue weighted by molar-refractivity contribution is 7.98. The van der Waals surface area contributed by atoms with Crippen LogP contribution in [0.25, 0.3) is 0 Å². The maximum atomic E-state index is 10.5. The molecule has 0 saturated heterocycles. The van der Waals surface area contributed by atoms with Crippen molar-refractivity contribution in [1.29, 1.82) is 0 Å². The SMILES string of the molecule is CSCCCOC(=O)CS.Cc1cccc(CCC=O)c1C.O=S(=O)(O)CCCN=C=S. The smallest absolute Gasteiger partial charge is 0.315 e. The van der Waals surface area contributed by atoms with Gasteiger partial charge in [0.25, 0.3) is 10.1 Å². The van der Waals surface area contributed by atoms with Crippen LogP contribution in [0, 0.1) is 13.8 Å². The van der Waals surface area contributed by atoms with Gasteiger partial charge in [0.15, 0.2) is 0 Å². The molecule has 182 valence electrons. The number of aryl methyl sites for hydroxylation is 2. The summed E-state index contributed by atoms with van der Waals surface area (Å²) in [7, 11) is -3.83. The molecule has 0 bridgehead atoms. The minimum absolute atomic E-state index is 0.180. The van der Waals surface area contributed by atoms with Gasteiger partial charge in [-0.2, -0.15) is 32.8 Å². The summed E-state index contributed by atoms with van der Waals surface area (Å²) in [6.45, 7) is 5.03. The summed E-state index contributed by atoms with van der Waals surface area (Å²) in [6, 6.07) is 6.23. The predicted molar refractivity (Wildman–Crippen MR) is 139 cm³/mol. The maximum absolute atomic E-state index is 10.5. The molecule has 0 aromatic heterocycles. The molecular weight excluding hydrogens is 491 g/mol. The van der Waals surface area contributed by atoms with Crippen molar-refractivity contribution in [1.82, 2.24) is 0 Å². The highest BCUT2D eigenvalue weighted by atomic mass is 32.2. The van der Waals surface area contributed by atoms with Crippen molar-refractivity contribution in [3.8, 4) is 0 Å². The van der Waals surface area contributed by atoms with Crippen molar-refractivity contribution in [3.05, 3.63) is 34.9 Å². The van der Waals surface area contributed by atoms with E-state index in [4.69, 9.17) is 9.29 Å². The van der Waals surface area contributed by atoms with E-state index in [1.165, 1.54) is 16.7 Å². The summed E-state index contributed by atoms with van der Waals surface area (Å²) in [6.07, 6.45) is 5.71. The molecule has 11 heteroatoms. The average molecular weight is 524 g/mol. The van der Waals surface area contributed by atoms with E-state index in [-0.39, 0.29) is 23.9 Å². The zero-order chi connectivity index (χ0) is 24.8. The second-order valence-electron chi connectivity index (χ2n) is 6.40. The molecule has 32 heavy (non-hydrogen) atoms. The largest absolute Gasteiger partial charge is 0.465 e. The lowest BCUT2D eigenvalue weighted by molar-refractivity contribution is -0.140. The van der Waals surface area contributed by atoms with Crippen molar-refractivity contribution >= 4 is 64.1 Å². The summed E-state index contributed by atoms with van der Waals surface area (Å²) >= 11 is 9.74. The molecule has 0 fully saturated rings. The number of esters is 1. The first-order chi connectivity index (χ1) is 15.1. The lowest BCUT2D eigenvalue weighted by Gasteiger charge is -2.05. The van der Waals surface area contributed by atoms with E-state index < -0.39 is 10.1 Å². The second-order valence-corrected chi connectivity index (χ2v) is 9.46.